The Labute approximate surface area is 219 Å². The average molecular weight is 516 g/mol. The fourth-order valence-electron chi connectivity index (χ4n) is 5.04. The summed E-state index contributed by atoms with van der Waals surface area (Å²) in [6.07, 6.45) is 0. The van der Waals surface area contributed by atoms with Crippen molar-refractivity contribution in [2.75, 3.05) is 13.1 Å². The number of carbonyl (C=O) groups is 4. The molecule has 3 N–H and O–H groups in total. The molecule has 1 aromatic heterocycles. The van der Waals surface area contributed by atoms with Crippen molar-refractivity contribution in [3.05, 3.63) is 71.4 Å². The summed E-state index contributed by atoms with van der Waals surface area (Å²) in [4.78, 5) is 56.4. The van der Waals surface area contributed by atoms with Gasteiger partial charge in [-0.25, -0.2) is 4.79 Å². The molecule has 2 aliphatic rings. The van der Waals surface area contributed by atoms with Crippen molar-refractivity contribution in [2.45, 2.75) is 39.0 Å². The number of carbonyl (C=O) groups excluding carboxylic acids is 4. The maximum atomic E-state index is 13.1. The third-order valence-electron chi connectivity index (χ3n) is 6.96. The molecule has 3 aromatic rings. The Bertz CT molecular complexity index is 1440. The van der Waals surface area contributed by atoms with Crippen LogP contribution in [-0.2, 0) is 16.2 Å². The van der Waals surface area contributed by atoms with Gasteiger partial charge in [-0.05, 0) is 43.3 Å². The summed E-state index contributed by atoms with van der Waals surface area (Å²) in [5, 5.41) is 8.74. The second kappa shape index (κ2) is 9.77. The summed E-state index contributed by atoms with van der Waals surface area (Å²) in [6.45, 7) is 5.90. The van der Waals surface area contributed by atoms with E-state index in [-0.39, 0.29) is 24.9 Å². The minimum Gasteiger partial charge on any atom is -0.489 e. The topological polar surface area (TPSA) is 130 Å². The number of pyridine rings is 1. The smallest absolute Gasteiger partial charge is 0.322 e. The Hall–Kier alpha value is -4.47. The summed E-state index contributed by atoms with van der Waals surface area (Å²) >= 11 is 0. The first-order chi connectivity index (χ1) is 18.2. The third-order valence-corrected chi connectivity index (χ3v) is 6.96. The first-order valence-electron chi connectivity index (χ1n) is 12.5. The van der Waals surface area contributed by atoms with Gasteiger partial charge in [0.05, 0.1) is 18.1 Å². The number of amides is 5. The zero-order chi connectivity index (χ0) is 27.0. The molecule has 38 heavy (non-hydrogen) atoms. The highest BCUT2D eigenvalue weighted by Gasteiger charge is 2.58. The van der Waals surface area contributed by atoms with E-state index in [9.17, 15) is 19.2 Å². The van der Waals surface area contributed by atoms with Crippen molar-refractivity contribution in [3.8, 4) is 5.75 Å². The molecule has 3 heterocycles. The third kappa shape index (κ3) is 4.65. The lowest BCUT2D eigenvalue weighted by Crippen LogP contribution is -2.62. The van der Waals surface area contributed by atoms with Crippen molar-refractivity contribution in [3.63, 3.8) is 0 Å². The maximum absolute atomic E-state index is 13.1. The van der Waals surface area contributed by atoms with Gasteiger partial charge in [-0.15, -0.1) is 0 Å². The van der Waals surface area contributed by atoms with Gasteiger partial charge in [0, 0.05) is 34.7 Å². The van der Waals surface area contributed by atoms with Crippen LogP contribution in [0.1, 0.15) is 35.5 Å². The molecule has 2 aliphatic heterocycles. The van der Waals surface area contributed by atoms with Crippen molar-refractivity contribution in [2.24, 2.45) is 5.92 Å². The second-order valence-electron chi connectivity index (χ2n) is 10.0. The van der Waals surface area contributed by atoms with E-state index in [2.05, 4.69) is 20.9 Å². The van der Waals surface area contributed by atoms with Crippen molar-refractivity contribution in [1.82, 2.24) is 25.8 Å². The van der Waals surface area contributed by atoms with Gasteiger partial charge in [0.1, 0.15) is 12.4 Å². The molecule has 0 saturated carbocycles. The number of nitrogens with zero attached hydrogens (tertiary/aromatic N) is 2. The van der Waals surface area contributed by atoms with Gasteiger partial charge in [0.2, 0.25) is 5.91 Å². The number of hydrogen-bond donors (Lipinski definition) is 3. The summed E-state index contributed by atoms with van der Waals surface area (Å²) in [7, 11) is 0. The van der Waals surface area contributed by atoms with Crippen LogP contribution in [-0.4, -0.2) is 58.3 Å². The lowest BCUT2D eigenvalue weighted by Gasteiger charge is -2.27. The Balaban J connectivity index is 1.28. The number of nitrogens with one attached hydrogen (secondary N) is 3. The molecule has 2 saturated heterocycles. The number of rotatable bonds is 6. The zero-order valence-corrected chi connectivity index (χ0v) is 21.4. The number of likely N-dealkylation sites (tertiary alicyclic amines) is 1. The minimum absolute atomic E-state index is 0.0114. The molecule has 0 unspecified atom stereocenters. The highest BCUT2D eigenvalue weighted by Crippen LogP contribution is 2.27. The van der Waals surface area contributed by atoms with Crippen LogP contribution in [0.3, 0.4) is 0 Å². The standard InChI is InChI=1S/C28H29N5O5/c1-16(2)25(35)33-13-23(28(15-33)26(36)31-27(37)32-28)30-24(34)18-8-10-20(11-9-18)38-14-19-12-17(3)29-22-7-5-4-6-21(19)22/h4-12,16,23H,13-15H2,1-3H3,(H,30,34)(H2,31,32,36,37)/t23-,28+/m1/s1. The number of benzene rings is 2. The summed E-state index contributed by atoms with van der Waals surface area (Å²) < 4.78 is 5.98. The molecule has 2 aromatic carbocycles. The Morgan fingerprint density at radius 1 is 1.16 bits per heavy atom. The van der Waals surface area contributed by atoms with E-state index < -0.39 is 29.4 Å². The van der Waals surface area contributed by atoms with Gasteiger partial charge >= 0.3 is 6.03 Å². The predicted molar refractivity (Wildman–Crippen MR) is 139 cm³/mol. The number of fused-ring (bicyclic) bond motifs is 1. The molecular weight excluding hydrogens is 486 g/mol. The van der Waals surface area contributed by atoms with Gasteiger partial charge in [-0.1, -0.05) is 32.0 Å². The molecule has 2 fully saturated rings. The van der Waals surface area contributed by atoms with Crippen LogP contribution in [0, 0.1) is 12.8 Å². The lowest BCUT2D eigenvalue weighted by atomic mass is 9.93. The molecule has 0 aliphatic carbocycles. The van der Waals surface area contributed by atoms with Crippen molar-refractivity contribution in [1.29, 1.82) is 0 Å². The van der Waals surface area contributed by atoms with Crippen LogP contribution >= 0.6 is 0 Å². The Morgan fingerprint density at radius 3 is 2.58 bits per heavy atom. The maximum Gasteiger partial charge on any atom is 0.322 e. The minimum atomic E-state index is -1.41. The first-order valence-corrected chi connectivity index (χ1v) is 12.5. The number of imide groups is 1. The van der Waals surface area contributed by atoms with Crippen molar-refractivity contribution < 1.29 is 23.9 Å². The van der Waals surface area contributed by atoms with Crippen molar-refractivity contribution >= 4 is 34.7 Å². The van der Waals surface area contributed by atoms with Gasteiger partial charge in [0.15, 0.2) is 5.54 Å². The van der Waals surface area contributed by atoms with Gasteiger partial charge in [-0.2, -0.15) is 0 Å². The van der Waals surface area contributed by atoms with Crippen LogP contribution < -0.4 is 20.7 Å². The Morgan fingerprint density at radius 2 is 1.89 bits per heavy atom. The number of aryl methyl sites for hydroxylation is 1. The van der Waals surface area contributed by atoms with E-state index in [1.54, 1.807) is 38.1 Å². The number of ether oxygens (including phenoxy) is 1. The molecule has 0 bridgehead atoms. The summed E-state index contributed by atoms with van der Waals surface area (Å²) in [5.41, 5.74) is 1.77. The molecule has 1 spiro atoms. The fraction of sp³-hybridized carbons (Fsp3) is 0.321. The fourth-order valence-corrected chi connectivity index (χ4v) is 5.04. The SMILES string of the molecule is Cc1cc(COc2ccc(C(=O)N[C@@H]3CN(C(=O)C(C)C)C[C@]34NC(=O)NC4=O)cc2)c2ccccc2n1. The van der Waals surface area contributed by atoms with Crippen LogP contribution in [0.5, 0.6) is 5.75 Å². The van der Waals surface area contributed by atoms with Crippen LogP contribution in [0.4, 0.5) is 4.79 Å². The highest BCUT2D eigenvalue weighted by molar-refractivity contribution is 6.09. The predicted octanol–water partition coefficient (Wildman–Crippen LogP) is 2.30. The summed E-state index contributed by atoms with van der Waals surface area (Å²) in [5.74, 6) is -0.843. The molecular formula is C28H29N5O5. The largest absolute Gasteiger partial charge is 0.489 e. The van der Waals surface area contributed by atoms with E-state index >= 15 is 0 Å². The van der Waals surface area contributed by atoms with E-state index in [1.807, 2.05) is 37.3 Å². The van der Waals surface area contributed by atoms with E-state index in [0.29, 0.717) is 17.9 Å². The van der Waals surface area contributed by atoms with Gasteiger partial charge in [-0.3, -0.25) is 24.7 Å². The molecule has 10 heteroatoms. The summed E-state index contributed by atoms with van der Waals surface area (Å²) in [6, 6.07) is 15.1. The molecule has 5 amide bonds. The monoisotopic (exact) mass is 515 g/mol. The van der Waals surface area contributed by atoms with E-state index in [0.717, 1.165) is 22.2 Å². The Kier molecular flexibility index (Phi) is 6.48. The van der Waals surface area contributed by atoms with Gasteiger partial charge in [0.25, 0.3) is 11.8 Å². The zero-order valence-electron chi connectivity index (χ0n) is 21.4. The van der Waals surface area contributed by atoms with Crippen LogP contribution in [0.15, 0.2) is 54.6 Å². The molecule has 0 radical (unpaired) electrons. The lowest BCUT2D eigenvalue weighted by molar-refractivity contribution is -0.133. The van der Waals surface area contributed by atoms with Gasteiger partial charge < -0.3 is 20.3 Å². The molecule has 5 rings (SSSR count). The van der Waals surface area contributed by atoms with E-state index in [4.69, 9.17) is 4.74 Å². The first kappa shape index (κ1) is 25.2. The van der Waals surface area contributed by atoms with Crippen LogP contribution in [0.25, 0.3) is 10.9 Å². The molecule has 10 nitrogen and oxygen atoms in total. The number of aromatic nitrogens is 1. The molecule has 2 atom stereocenters. The number of urea groups is 1. The number of hydrogen-bond acceptors (Lipinski definition) is 6. The quantitative estimate of drug-likeness (QED) is 0.432. The molecule has 196 valence electrons. The number of para-hydroxylation sites is 1. The highest BCUT2D eigenvalue weighted by atomic mass is 16.5. The van der Waals surface area contributed by atoms with E-state index in [1.165, 1.54) is 4.90 Å². The normalized spacial score (nSPS) is 20.6. The average Bonchev–Trinajstić information content (AvgIpc) is 3.39. The van der Waals surface area contributed by atoms with Crippen LogP contribution in [0.2, 0.25) is 0 Å². The second-order valence-corrected chi connectivity index (χ2v) is 10.0.